The Morgan fingerprint density at radius 3 is 2.34 bits per heavy atom. The van der Waals surface area contributed by atoms with Crippen LogP contribution in [0.25, 0.3) is 11.3 Å². The topological polar surface area (TPSA) is 110 Å². The summed E-state index contributed by atoms with van der Waals surface area (Å²) in [5, 5.41) is 11.0. The molecule has 11 heteroatoms. The summed E-state index contributed by atoms with van der Waals surface area (Å²) in [6.07, 6.45) is 0. The molecule has 0 amide bonds. The third-order valence-electron chi connectivity index (χ3n) is 5.21. The van der Waals surface area contributed by atoms with Crippen molar-refractivity contribution >= 4 is 33.1 Å². The number of aromatic nitrogens is 2. The minimum atomic E-state index is -3.89. The molecule has 0 spiro atoms. The van der Waals surface area contributed by atoms with Crippen molar-refractivity contribution in [3.05, 3.63) is 75.6 Å². The lowest BCUT2D eigenvalue weighted by Gasteiger charge is -2.34. The van der Waals surface area contributed by atoms with Gasteiger partial charge >= 0.3 is 0 Å². The second kappa shape index (κ2) is 8.81. The third kappa shape index (κ3) is 4.43. The van der Waals surface area contributed by atoms with Gasteiger partial charge in [0.15, 0.2) is 0 Å². The van der Waals surface area contributed by atoms with Crippen molar-refractivity contribution in [2.45, 2.75) is 11.8 Å². The fraction of sp³-hybridized carbons (Fsp3) is 0.238. The molecule has 1 aromatic heterocycles. The van der Waals surface area contributed by atoms with Crippen LogP contribution in [0.5, 0.6) is 0 Å². The van der Waals surface area contributed by atoms with Gasteiger partial charge in [0, 0.05) is 43.9 Å². The van der Waals surface area contributed by atoms with Gasteiger partial charge in [-0.15, -0.1) is 0 Å². The lowest BCUT2D eigenvalue weighted by atomic mass is 10.1. The number of sulfonamides is 1. The van der Waals surface area contributed by atoms with Crippen molar-refractivity contribution in [1.29, 1.82) is 0 Å². The average Bonchev–Trinajstić information content (AvgIpc) is 2.79. The largest absolute Gasteiger partial charge is 0.354 e. The number of anilines is 1. The number of hydrogen-bond donors (Lipinski definition) is 0. The van der Waals surface area contributed by atoms with Gasteiger partial charge in [-0.25, -0.2) is 18.4 Å². The average molecular weight is 474 g/mol. The maximum Gasteiger partial charge on any atom is 0.289 e. The summed E-state index contributed by atoms with van der Waals surface area (Å²) in [6, 6.07) is 15.2. The summed E-state index contributed by atoms with van der Waals surface area (Å²) < 4.78 is 27.4. The number of nitro groups is 1. The van der Waals surface area contributed by atoms with Crippen LogP contribution in [0, 0.1) is 17.0 Å². The Morgan fingerprint density at radius 1 is 1.00 bits per heavy atom. The SMILES string of the molecule is Cc1nc(-c2ccccc2)cc(N2CCN(S(=O)(=O)c3ccc(Cl)c([N+](=O)[O-])c3)CC2)n1. The lowest BCUT2D eigenvalue weighted by molar-refractivity contribution is -0.384. The van der Waals surface area contributed by atoms with Crippen LogP contribution < -0.4 is 4.90 Å². The van der Waals surface area contributed by atoms with Gasteiger partial charge < -0.3 is 4.90 Å². The number of rotatable bonds is 5. The van der Waals surface area contributed by atoms with Gasteiger partial charge in [0.2, 0.25) is 10.0 Å². The van der Waals surface area contributed by atoms with E-state index in [2.05, 4.69) is 9.97 Å². The Bertz CT molecular complexity index is 1260. The molecule has 2 aromatic carbocycles. The zero-order valence-electron chi connectivity index (χ0n) is 17.2. The van der Waals surface area contributed by atoms with E-state index in [9.17, 15) is 18.5 Å². The summed E-state index contributed by atoms with van der Waals surface area (Å²) in [5.74, 6) is 1.36. The Kier molecular flexibility index (Phi) is 6.09. The molecule has 0 atom stereocenters. The number of nitro benzene ring substituents is 1. The normalized spacial score (nSPS) is 15.0. The van der Waals surface area contributed by atoms with Crippen molar-refractivity contribution in [3.63, 3.8) is 0 Å². The first-order chi connectivity index (χ1) is 15.3. The zero-order valence-corrected chi connectivity index (χ0v) is 18.8. The van der Waals surface area contributed by atoms with Crippen LogP contribution in [-0.2, 0) is 10.0 Å². The number of benzene rings is 2. The predicted molar refractivity (Wildman–Crippen MR) is 121 cm³/mol. The monoisotopic (exact) mass is 473 g/mol. The molecule has 1 aliphatic rings. The highest BCUT2D eigenvalue weighted by Gasteiger charge is 2.31. The Morgan fingerprint density at radius 2 is 1.69 bits per heavy atom. The Hall–Kier alpha value is -3.08. The molecule has 3 aromatic rings. The predicted octanol–water partition coefficient (Wildman–Crippen LogP) is 3.52. The fourth-order valence-corrected chi connectivity index (χ4v) is 5.20. The summed E-state index contributed by atoms with van der Waals surface area (Å²) >= 11 is 5.81. The number of halogens is 1. The highest BCUT2D eigenvalue weighted by atomic mass is 35.5. The van der Waals surface area contributed by atoms with E-state index >= 15 is 0 Å². The molecule has 2 heterocycles. The first-order valence-corrected chi connectivity index (χ1v) is 11.7. The van der Waals surface area contributed by atoms with Crippen molar-refractivity contribution in [2.24, 2.45) is 0 Å². The Balaban J connectivity index is 1.53. The van der Waals surface area contributed by atoms with Crippen LogP contribution in [0.4, 0.5) is 11.5 Å². The summed E-state index contributed by atoms with van der Waals surface area (Å²) in [6.45, 7) is 3.13. The van der Waals surface area contributed by atoms with E-state index in [1.807, 2.05) is 48.2 Å². The van der Waals surface area contributed by atoms with Crippen LogP contribution >= 0.6 is 11.6 Å². The molecule has 166 valence electrons. The van der Waals surface area contributed by atoms with Crippen LogP contribution in [-0.4, -0.2) is 53.8 Å². The number of piperazine rings is 1. The number of hydrogen-bond acceptors (Lipinski definition) is 7. The molecule has 0 saturated carbocycles. The maximum atomic E-state index is 13.0. The van der Waals surface area contributed by atoms with Gasteiger partial charge in [0.1, 0.15) is 16.7 Å². The highest BCUT2D eigenvalue weighted by molar-refractivity contribution is 7.89. The molecule has 1 fully saturated rings. The molecule has 0 unspecified atom stereocenters. The van der Waals surface area contributed by atoms with E-state index in [1.165, 1.54) is 16.4 Å². The minimum absolute atomic E-state index is 0.105. The van der Waals surface area contributed by atoms with E-state index < -0.39 is 20.6 Å². The zero-order chi connectivity index (χ0) is 22.9. The summed E-state index contributed by atoms with van der Waals surface area (Å²) in [4.78, 5) is 21.3. The molecule has 0 radical (unpaired) electrons. The van der Waals surface area contributed by atoms with Crippen LogP contribution in [0.15, 0.2) is 59.5 Å². The summed E-state index contributed by atoms with van der Waals surface area (Å²) in [5.41, 5.74) is 1.35. The molecule has 9 nitrogen and oxygen atoms in total. The van der Waals surface area contributed by atoms with Crippen LogP contribution in [0.2, 0.25) is 5.02 Å². The molecule has 4 rings (SSSR count). The van der Waals surface area contributed by atoms with Gasteiger partial charge in [-0.1, -0.05) is 41.9 Å². The van der Waals surface area contributed by atoms with E-state index in [0.29, 0.717) is 18.9 Å². The van der Waals surface area contributed by atoms with Gasteiger partial charge in [-0.3, -0.25) is 10.1 Å². The second-order valence-corrected chi connectivity index (χ2v) is 9.63. The van der Waals surface area contributed by atoms with Crippen LogP contribution in [0.1, 0.15) is 5.82 Å². The van der Waals surface area contributed by atoms with E-state index in [0.717, 1.165) is 23.1 Å². The molecule has 0 aliphatic carbocycles. The number of aryl methyl sites for hydroxylation is 1. The minimum Gasteiger partial charge on any atom is -0.354 e. The molecule has 32 heavy (non-hydrogen) atoms. The quantitative estimate of drug-likeness (QED) is 0.411. The third-order valence-corrected chi connectivity index (χ3v) is 7.42. The number of nitrogens with zero attached hydrogens (tertiary/aromatic N) is 5. The fourth-order valence-electron chi connectivity index (χ4n) is 3.57. The Labute approximate surface area is 190 Å². The van der Waals surface area contributed by atoms with Crippen molar-refractivity contribution in [3.8, 4) is 11.3 Å². The highest BCUT2D eigenvalue weighted by Crippen LogP contribution is 2.29. The molecular formula is C21H20ClN5O4S. The lowest BCUT2D eigenvalue weighted by Crippen LogP contribution is -2.49. The van der Waals surface area contributed by atoms with E-state index in [4.69, 9.17) is 11.6 Å². The van der Waals surface area contributed by atoms with Crippen LogP contribution in [0.3, 0.4) is 0 Å². The van der Waals surface area contributed by atoms with Gasteiger partial charge in [-0.2, -0.15) is 4.31 Å². The smallest absolute Gasteiger partial charge is 0.289 e. The van der Waals surface area contributed by atoms with Crippen molar-refractivity contribution in [1.82, 2.24) is 14.3 Å². The first-order valence-electron chi connectivity index (χ1n) is 9.86. The van der Waals surface area contributed by atoms with Gasteiger partial charge in [0.05, 0.1) is 15.5 Å². The summed E-state index contributed by atoms with van der Waals surface area (Å²) in [7, 11) is -3.89. The van der Waals surface area contributed by atoms with Gasteiger partial charge in [0.25, 0.3) is 5.69 Å². The molecular weight excluding hydrogens is 454 g/mol. The first kappa shape index (κ1) is 22.1. The van der Waals surface area contributed by atoms with Gasteiger partial charge in [-0.05, 0) is 19.1 Å². The molecule has 0 bridgehead atoms. The standard InChI is InChI=1S/C21H20ClN5O4S/c1-15-23-19(16-5-3-2-4-6-16)14-21(24-15)25-9-11-26(12-10-25)32(30,31)17-7-8-18(22)20(13-17)27(28)29/h2-8,13-14H,9-12H2,1H3. The molecule has 1 saturated heterocycles. The molecule has 0 N–H and O–H groups in total. The van der Waals surface area contributed by atoms with E-state index in [-0.39, 0.29) is 23.0 Å². The molecule has 1 aliphatic heterocycles. The van der Waals surface area contributed by atoms with Crippen molar-refractivity contribution in [2.75, 3.05) is 31.1 Å². The van der Waals surface area contributed by atoms with Crippen molar-refractivity contribution < 1.29 is 13.3 Å². The second-order valence-electron chi connectivity index (χ2n) is 7.29. The van der Waals surface area contributed by atoms with E-state index in [1.54, 1.807) is 0 Å². The maximum absolute atomic E-state index is 13.0.